The second kappa shape index (κ2) is 8.39. The fraction of sp³-hybridized carbons (Fsp3) is 0.435. The molecule has 2 aliphatic rings. The van der Waals surface area contributed by atoms with Crippen molar-refractivity contribution in [2.75, 3.05) is 32.7 Å². The van der Waals surface area contributed by atoms with Gasteiger partial charge in [-0.05, 0) is 68.0 Å². The quantitative estimate of drug-likeness (QED) is 0.784. The van der Waals surface area contributed by atoms with Crippen LogP contribution in [0.1, 0.15) is 41.1 Å². The van der Waals surface area contributed by atoms with Crippen LogP contribution in [0.4, 0.5) is 8.78 Å². The molecule has 0 N–H and O–H groups in total. The van der Waals surface area contributed by atoms with E-state index in [9.17, 15) is 13.6 Å². The highest BCUT2D eigenvalue weighted by atomic mass is 19.2. The van der Waals surface area contributed by atoms with Gasteiger partial charge in [0.15, 0.2) is 11.6 Å². The summed E-state index contributed by atoms with van der Waals surface area (Å²) in [6.07, 6.45) is 3.32. The zero-order valence-electron chi connectivity index (χ0n) is 16.0. The first-order valence-corrected chi connectivity index (χ1v) is 10.1. The summed E-state index contributed by atoms with van der Waals surface area (Å²) in [5, 5.41) is 0. The molecule has 1 amide bonds. The van der Waals surface area contributed by atoms with E-state index in [0.29, 0.717) is 24.9 Å². The van der Waals surface area contributed by atoms with Crippen LogP contribution in [0.25, 0.3) is 0 Å². The molecule has 2 saturated heterocycles. The summed E-state index contributed by atoms with van der Waals surface area (Å²) in [5.41, 5.74) is 1.66. The molecule has 0 aromatic heterocycles. The zero-order valence-corrected chi connectivity index (χ0v) is 16.0. The molecule has 3 nitrogen and oxygen atoms in total. The van der Waals surface area contributed by atoms with Gasteiger partial charge < -0.3 is 9.80 Å². The fourth-order valence-electron chi connectivity index (χ4n) is 4.52. The summed E-state index contributed by atoms with van der Waals surface area (Å²) < 4.78 is 26.5. The van der Waals surface area contributed by atoms with Gasteiger partial charge in [0.2, 0.25) is 0 Å². The predicted octanol–water partition coefficient (Wildman–Crippen LogP) is 4.31. The molecule has 5 heteroatoms. The first-order valence-electron chi connectivity index (χ1n) is 10.1. The first kappa shape index (κ1) is 19.1. The molecule has 2 heterocycles. The van der Waals surface area contributed by atoms with Gasteiger partial charge in [0, 0.05) is 25.2 Å². The van der Waals surface area contributed by atoms with Gasteiger partial charge in [-0.25, -0.2) is 8.78 Å². The number of halogens is 2. The fourth-order valence-corrected chi connectivity index (χ4v) is 4.52. The van der Waals surface area contributed by atoms with Crippen LogP contribution in [0.5, 0.6) is 0 Å². The van der Waals surface area contributed by atoms with Gasteiger partial charge in [0.05, 0.1) is 0 Å². The van der Waals surface area contributed by atoms with Gasteiger partial charge in [-0.15, -0.1) is 0 Å². The molecule has 28 heavy (non-hydrogen) atoms. The van der Waals surface area contributed by atoms with Crippen molar-refractivity contribution in [2.24, 2.45) is 5.92 Å². The lowest BCUT2D eigenvalue weighted by atomic mass is 9.89. The van der Waals surface area contributed by atoms with Crippen molar-refractivity contribution in [3.8, 4) is 0 Å². The van der Waals surface area contributed by atoms with Gasteiger partial charge in [0.25, 0.3) is 5.91 Å². The van der Waals surface area contributed by atoms with Crippen molar-refractivity contribution in [1.82, 2.24) is 9.80 Å². The molecular weight excluding hydrogens is 358 g/mol. The summed E-state index contributed by atoms with van der Waals surface area (Å²) in [6, 6.07) is 14.1. The lowest BCUT2D eigenvalue weighted by Gasteiger charge is -2.33. The number of rotatable bonds is 4. The third-order valence-electron chi connectivity index (χ3n) is 6.11. The molecule has 0 saturated carbocycles. The lowest BCUT2D eigenvalue weighted by Crippen LogP contribution is -2.37. The Hall–Kier alpha value is -2.27. The number of hydrogen-bond acceptors (Lipinski definition) is 2. The zero-order chi connectivity index (χ0) is 19.5. The Labute approximate surface area is 165 Å². The second-order valence-electron chi connectivity index (χ2n) is 8.02. The van der Waals surface area contributed by atoms with Gasteiger partial charge in [-0.2, -0.15) is 0 Å². The van der Waals surface area contributed by atoms with Gasteiger partial charge >= 0.3 is 0 Å². The molecule has 0 bridgehead atoms. The second-order valence-corrected chi connectivity index (χ2v) is 8.02. The molecule has 2 fully saturated rings. The maximum absolute atomic E-state index is 13.4. The average molecular weight is 384 g/mol. The highest BCUT2D eigenvalue weighted by Crippen LogP contribution is 2.29. The third kappa shape index (κ3) is 4.25. The number of carbonyl (C=O) groups excluding carboxylic acids is 1. The topological polar surface area (TPSA) is 23.6 Å². The number of nitrogens with zero attached hydrogens (tertiary/aromatic N) is 2. The Balaban J connectivity index is 1.27. The molecule has 0 aliphatic carbocycles. The Kier molecular flexibility index (Phi) is 5.72. The molecule has 2 aromatic rings. The monoisotopic (exact) mass is 384 g/mol. The van der Waals surface area contributed by atoms with Crippen molar-refractivity contribution in [2.45, 2.75) is 25.2 Å². The van der Waals surface area contributed by atoms with E-state index in [4.69, 9.17) is 0 Å². The van der Waals surface area contributed by atoms with E-state index in [-0.39, 0.29) is 11.5 Å². The lowest BCUT2D eigenvalue weighted by molar-refractivity contribution is 0.0781. The molecule has 148 valence electrons. The molecule has 4 rings (SSSR count). The number of hydrogen-bond donors (Lipinski definition) is 0. The van der Waals surface area contributed by atoms with Crippen LogP contribution < -0.4 is 0 Å². The molecule has 0 spiro atoms. The van der Waals surface area contributed by atoms with Crippen LogP contribution in [0, 0.1) is 17.6 Å². The Morgan fingerprint density at radius 2 is 1.68 bits per heavy atom. The van der Waals surface area contributed by atoms with Crippen molar-refractivity contribution < 1.29 is 13.6 Å². The maximum atomic E-state index is 13.4. The van der Waals surface area contributed by atoms with Crippen LogP contribution in [0.2, 0.25) is 0 Å². The Bertz CT molecular complexity index is 819. The Morgan fingerprint density at radius 1 is 0.929 bits per heavy atom. The van der Waals surface area contributed by atoms with Crippen LogP contribution in [-0.2, 0) is 0 Å². The van der Waals surface area contributed by atoms with E-state index in [1.165, 1.54) is 24.5 Å². The van der Waals surface area contributed by atoms with E-state index in [2.05, 4.69) is 35.2 Å². The highest BCUT2D eigenvalue weighted by Gasteiger charge is 2.30. The number of carbonyl (C=O) groups is 1. The summed E-state index contributed by atoms with van der Waals surface area (Å²) in [4.78, 5) is 16.9. The number of piperidine rings is 1. The van der Waals surface area contributed by atoms with E-state index in [1.807, 2.05) is 0 Å². The molecule has 2 aliphatic heterocycles. The summed E-state index contributed by atoms with van der Waals surface area (Å²) in [6.45, 7) is 4.56. The van der Waals surface area contributed by atoms with E-state index < -0.39 is 11.6 Å². The van der Waals surface area contributed by atoms with Crippen molar-refractivity contribution in [3.63, 3.8) is 0 Å². The van der Waals surface area contributed by atoms with Crippen LogP contribution in [0.3, 0.4) is 0 Å². The average Bonchev–Trinajstić information content (AvgIpc) is 3.19. The Morgan fingerprint density at radius 3 is 2.39 bits per heavy atom. The minimum atomic E-state index is -0.970. The third-order valence-corrected chi connectivity index (χ3v) is 6.11. The van der Waals surface area contributed by atoms with E-state index >= 15 is 0 Å². The van der Waals surface area contributed by atoms with Crippen molar-refractivity contribution in [1.29, 1.82) is 0 Å². The first-order chi connectivity index (χ1) is 13.6. The molecule has 2 aromatic carbocycles. The molecule has 0 radical (unpaired) electrons. The molecule has 1 atom stereocenters. The highest BCUT2D eigenvalue weighted by molar-refractivity contribution is 5.94. The maximum Gasteiger partial charge on any atom is 0.253 e. The van der Waals surface area contributed by atoms with Crippen molar-refractivity contribution in [3.05, 3.63) is 71.3 Å². The van der Waals surface area contributed by atoms with Gasteiger partial charge in [-0.1, -0.05) is 30.3 Å². The minimum absolute atomic E-state index is 0.204. The van der Waals surface area contributed by atoms with E-state index in [0.717, 1.165) is 38.2 Å². The van der Waals surface area contributed by atoms with E-state index in [1.54, 1.807) is 4.90 Å². The normalized spacial score (nSPS) is 21.2. The predicted molar refractivity (Wildman–Crippen MR) is 105 cm³/mol. The summed E-state index contributed by atoms with van der Waals surface area (Å²) in [7, 11) is 0. The van der Waals surface area contributed by atoms with Crippen LogP contribution in [-0.4, -0.2) is 48.4 Å². The number of likely N-dealkylation sites (tertiary alicyclic amines) is 2. The van der Waals surface area contributed by atoms with Crippen LogP contribution >= 0.6 is 0 Å². The van der Waals surface area contributed by atoms with Gasteiger partial charge in [0.1, 0.15) is 0 Å². The van der Waals surface area contributed by atoms with Gasteiger partial charge in [-0.3, -0.25) is 4.79 Å². The SMILES string of the molecule is O=C(c1ccc(F)c(F)c1)N1CCC(CN2CCC(c3ccccc3)CC2)C1. The minimum Gasteiger partial charge on any atom is -0.338 e. The standard InChI is InChI=1S/C23H26F2N2O/c24-21-7-6-20(14-22(21)25)23(28)27-13-8-17(16-27)15-26-11-9-19(10-12-26)18-4-2-1-3-5-18/h1-7,14,17,19H,8-13,15-16H2. The molecular formula is C23H26F2N2O. The summed E-state index contributed by atoms with van der Waals surface area (Å²) in [5.74, 6) is -1.00. The van der Waals surface area contributed by atoms with Crippen LogP contribution in [0.15, 0.2) is 48.5 Å². The summed E-state index contributed by atoms with van der Waals surface area (Å²) >= 11 is 0. The largest absolute Gasteiger partial charge is 0.338 e. The van der Waals surface area contributed by atoms with Crippen molar-refractivity contribution >= 4 is 5.91 Å². The number of amides is 1. The smallest absolute Gasteiger partial charge is 0.253 e. The number of benzene rings is 2. The molecule has 1 unspecified atom stereocenters.